The number of methoxy groups -OCH3 is 1. The van der Waals surface area contributed by atoms with Crippen LogP contribution in [-0.2, 0) is 0 Å². The van der Waals surface area contributed by atoms with Gasteiger partial charge in [0, 0.05) is 6.07 Å². The summed E-state index contributed by atoms with van der Waals surface area (Å²) in [6.07, 6.45) is 3.63. The molecule has 0 unspecified atom stereocenters. The van der Waals surface area contributed by atoms with Gasteiger partial charge in [-0.05, 0) is 65.1 Å². The maximum Gasteiger partial charge on any atom is 0.120 e. The molecule has 0 spiro atoms. The average molecular weight is 435 g/mol. The molecule has 0 fully saturated rings. The summed E-state index contributed by atoms with van der Waals surface area (Å²) in [6, 6.07) is 32.4. The zero-order valence-electron chi connectivity index (χ0n) is 18.7. The average Bonchev–Trinajstić information content (AvgIpc) is 2.85. The molecule has 5 heteroatoms. The molecular weight excluding hydrogens is 408 g/mol. The highest BCUT2D eigenvalue weighted by Crippen LogP contribution is 2.21. The first-order valence-electron chi connectivity index (χ1n) is 10.7. The summed E-state index contributed by atoms with van der Waals surface area (Å²) < 4.78 is 5.24. The fourth-order valence-electron chi connectivity index (χ4n) is 3.33. The normalized spacial score (nSPS) is 11.1. The lowest BCUT2D eigenvalue weighted by Crippen LogP contribution is -1.92. The summed E-state index contributed by atoms with van der Waals surface area (Å²) in [6.45, 7) is 2.06. The van der Waals surface area contributed by atoms with Crippen LogP contribution in [-0.4, -0.2) is 19.5 Å². The van der Waals surface area contributed by atoms with Crippen molar-refractivity contribution >= 4 is 23.8 Å². The van der Waals surface area contributed by atoms with Crippen molar-refractivity contribution in [2.75, 3.05) is 18.0 Å². The monoisotopic (exact) mass is 434 g/mol. The van der Waals surface area contributed by atoms with Crippen LogP contribution >= 0.6 is 0 Å². The smallest absolute Gasteiger partial charge is 0.120 e. The second kappa shape index (κ2) is 10.8. The van der Waals surface area contributed by atoms with Crippen molar-refractivity contribution in [2.24, 2.45) is 10.2 Å². The van der Waals surface area contributed by atoms with E-state index in [1.165, 1.54) is 5.56 Å². The SMILES string of the molecule is COc1cccc(N/N=C/c2cccc(-c3ccc(/C=N/Nc4cccc(C)c4)cc3)c2)c1. The Morgan fingerprint density at radius 2 is 1.30 bits per heavy atom. The molecule has 0 saturated heterocycles. The van der Waals surface area contributed by atoms with Gasteiger partial charge >= 0.3 is 0 Å². The minimum atomic E-state index is 0.789. The van der Waals surface area contributed by atoms with Crippen LogP contribution in [0.25, 0.3) is 11.1 Å². The molecule has 0 aliphatic rings. The first kappa shape index (κ1) is 21.8. The molecule has 0 heterocycles. The van der Waals surface area contributed by atoms with Crippen LogP contribution in [0.3, 0.4) is 0 Å². The van der Waals surface area contributed by atoms with Gasteiger partial charge in [-0.2, -0.15) is 10.2 Å². The molecule has 0 aliphatic carbocycles. The van der Waals surface area contributed by atoms with E-state index in [2.05, 4.69) is 76.5 Å². The van der Waals surface area contributed by atoms with E-state index in [4.69, 9.17) is 4.74 Å². The lowest BCUT2D eigenvalue weighted by molar-refractivity contribution is 0.415. The van der Waals surface area contributed by atoms with Crippen LogP contribution in [0.5, 0.6) is 5.75 Å². The zero-order valence-corrected chi connectivity index (χ0v) is 18.7. The number of hydrogen-bond donors (Lipinski definition) is 2. The summed E-state index contributed by atoms with van der Waals surface area (Å²) in [4.78, 5) is 0. The van der Waals surface area contributed by atoms with Crippen molar-refractivity contribution in [1.82, 2.24) is 0 Å². The summed E-state index contributed by atoms with van der Waals surface area (Å²) in [5, 5.41) is 8.68. The molecule has 0 aromatic heterocycles. The van der Waals surface area contributed by atoms with Gasteiger partial charge in [-0.25, -0.2) is 0 Å². The van der Waals surface area contributed by atoms with Gasteiger partial charge in [0.15, 0.2) is 0 Å². The van der Waals surface area contributed by atoms with Crippen LogP contribution in [0.1, 0.15) is 16.7 Å². The molecule has 4 rings (SSSR count). The molecule has 0 aliphatic heterocycles. The Morgan fingerprint density at radius 3 is 2.03 bits per heavy atom. The van der Waals surface area contributed by atoms with Gasteiger partial charge in [0.1, 0.15) is 5.75 Å². The van der Waals surface area contributed by atoms with Crippen molar-refractivity contribution < 1.29 is 4.74 Å². The van der Waals surface area contributed by atoms with E-state index in [1.54, 1.807) is 13.3 Å². The third-order valence-electron chi connectivity index (χ3n) is 5.03. The molecule has 0 saturated carbocycles. The predicted molar refractivity (Wildman–Crippen MR) is 138 cm³/mol. The topological polar surface area (TPSA) is 58.0 Å². The molecule has 4 aromatic carbocycles. The van der Waals surface area contributed by atoms with E-state index < -0.39 is 0 Å². The third kappa shape index (κ3) is 6.31. The second-order valence-corrected chi connectivity index (χ2v) is 7.59. The Balaban J connectivity index is 1.38. The Hall–Kier alpha value is -4.38. The molecular formula is C28H26N4O. The number of hydrazone groups is 2. The fourth-order valence-corrected chi connectivity index (χ4v) is 3.33. The summed E-state index contributed by atoms with van der Waals surface area (Å²) in [5.41, 5.74) is 13.4. The second-order valence-electron chi connectivity index (χ2n) is 7.59. The largest absolute Gasteiger partial charge is 0.497 e. The van der Waals surface area contributed by atoms with E-state index in [0.29, 0.717) is 0 Å². The van der Waals surface area contributed by atoms with Crippen molar-refractivity contribution in [2.45, 2.75) is 6.92 Å². The van der Waals surface area contributed by atoms with Gasteiger partial charge in [0.05, 0.1) is 30.9 Å². The molecule has 2 N–H and O–H groups in total. The quantitative estimate of drug-likeness (QED) is 0.244. The number of benzene rings is 4. The Labute approximate surface area is 194 Å². The van der Waals surface area contributed by atoms with Crippen molar-refractivity contribution in [3.05, 3.63) is 114 Å². The van der Waals surface area contributed by atoms with Gasteiger partial charge < -0.3 is 4.74 Å². The zero-order chi connectivity index (χ0) is 22.9. The first-order chi connectivity index (χ1) is 16.2. The van der Waals surface area contributed by atoms with Crippen LogP contribution in [0, 0.1) is 6.92 Å². The number of anilines is 2. The van der Waals surface area contributed by atoms with Crippen molar-refractivity contribution in [3.63, 3.8) is 0 Å². The summed E-state index contributed by atoms with van der Waals surface area (Å²) in [7, 11) is 1.65. The fraction of sp³-hybridized carbons (Fsp3) is 0.0714. The first-order valence-corrected chi connectivity index (χ1v) is 10.7. The summed E-state index contributed by atoms with van der Waals surface area (Å²) >= 11 is 0. The van der Waals surface area contributed by atoms with Crippen LogP contribution < -0.4 is 15.6 Å². The third-order valence-corrected chi connectivity index (χ3v) is 5.03. The Bertz CT molecular complexity index is 1260. The highest BCUT2D eigenvalue weighted by Gasteiger charge is 1.99. The van der Waals surface area contributed by atoms with E-state index in [-0.39, 0.29) is 0 Å². The number of hydrogen-bond acceptors (Lipinski definition) is 5. The van der Waals surface area contributed by atoms with E-state index in [0.717, 1.165) is 39.4 Å². The Morgan fingerprint density at radius 1 is 0.636 bits per heavy atom. The predicted octanol–water partition coefficient (Wildman–Crippen LogP) is 6.56. The van der Waals surface area contributed by atoms with Crippen LogP contribution in [0.15, 0.2) is 107 Å². The molecule has 33 heavy (non-hydrogen) atoms. The van der Waals surface area contributed by atoms with Crippen molar-refractivity contribution in [3.8, 4) is 16.9 Å². The lowest BCUT2D eigenvalue weighted by Gasteiger charge is -2.05. The maximum absolute atomic E-state index is 5.24. The highest BCUT2D eigenvalue weighted by molar-refractivity contribution is 5.84. The van der Waals surface area contributed by atoms with E-state index in [1.807, 2.05) is 54.7 Å². The summed E-state index contributed by atoms with van der Waals surface area (Å²) in [5.74, 6) is 0.789. The molecule has 0 atom stereocenters. The molecule has 5 nitrogen and oxygen atoms in total. The number of nitrogens with zero attached hydrogens (tertiary/aromatic N) is 2. The minimum absolute atomic E-state index is 0.789. The number of rotatable bonds is 8. The molecule has 0 amide bonds. The van der Waals surface area contributed by atoms with Gasteiger partial charge in [-0.1, -0.05) is 60.7 Å². The van der Waals surface area contributed by atoms with Gasteiger partial charge in [0.25, 0.3) is 0 Å². The van der Waals surface area contributed by atoms with Crippen LogP contribution in [0.2, 0.25) is 0 Å². The van der Waals surface area contributed by atoms with Crippen molar-refractivity contribution in [1.29, 1.82) is 0 Å². The Kier molecular flexibility index (Phi) is 7.13. The van der Waals surface area contributed by atoms with Gasteiger partial charge in [-0.15, -0.1) is 0 Å². The maximum atomic E-state index is 5.24. The molecule has 0 radical (unpaired) electrons. The van der Waals surface area contributed by atoms with E-state index in [9.17, 15) is 0 Å². The highest BCUT2D eigenvalue weighted by atomic mass is 16.5. The molecule has 4 aromatic rings. The van der Waals surface area contributed by atoms with Gasteiger partial charge in [0.2, 0.25) is 0 Å². The molecule has 0 bridgehead atoms. The van der Waals surface area contributed by atoms with Crippen LogP contribution in [0.4, 0.5) is 11.4 Å². The number of ether oxygens (including phenoxy) is 1. The standard InChI is InChI=1S/C28H26N4O/c1-21-6-3-9-26(16-21)31-29-19-22-12-14-24(15-13-22)25-8-4-7-23(17-25)20-30-32-27-10-5-11-28(18-27)33-2/h3-20,31-32H,1-2H3/b29-19+,30-20+. The molecule has 164 valence electrons. The van der Waals surface area contributed by atoms with Gasteiger partial charge in [-0.3, -0.25) is 10.9 Å². The lowest BCUT2D eigenvalue weighted by atomic mass is 10.0. The number of aryl methyl sites for hydroxylation is 1. The van der Waals surface area contributed by atoms with E-state index >= 15 is 0 Å². The number of nitrogens with one attached hydrogen (secondary N) is 2. The minimum Gasteiger partial charge on any atom is -0.497 e.